The van der Waals surface area contributed by atoms with Gasteiger partial charge in [-0.25, -0.2) is 4.99 Å². The Bertz CT molecular complexity index is 180. The van der Waals surface area contributed by atoms with Crippen LogP contribution in [0.4, 0.5) is 0 Å². The van der Waals surface area contributed by atoms with Crippen molar-refractivity contribution in [2.24, 2.45) is 4.99 Å². The molecule has 0 saturated carbocycles. The molecule has 0 aromatic rings. The van der Waals surface area contributed by atoms with Gasteiger partial charge in [0, 0.05) is 13.0 Å². The molecule has 0 aromatic carbocycles. The van der Waals surface area contributed by atoms with Crippen molar-refractivity contribution in [3.63, 3.8) is 0 Å². The van der Waals surface area contributed by atoms with E-state index < -0.39 is 0 Å². The van der Waals surface area contributed by atoms with E-state index in [4.69, 9.17) is 9.47 Å². The summed E-state index contributed by atoms with van der Waals surface area (Å²) in [5.74, 6) is 0. The minimum atomic E-state index is 0.509. The lowest BCUT2D eigenvalue weighted by molar-refractivity contribution is 0.149. The lowest BCUT2D eigenvalue weighted by atomic mass is 10.1. The Morgan fingerprint density at radius 1 is 1.20 bits per heavy atom. The first-order valence-corrected chi connectivity index (χ1v) is 6.23. The van der Waals surface area contributed by atoms with Crippen LogP contribution in [0.1, 0.15) is 51.9 Å². The molecule has 0 saturated heterocycles. The molecule has 1 aliphatic rings. The summed E-state index contributed by atoms with van der Waals surface area (Å²) >= 11 is 0. The maximum absolute atomic E-state index is 5.42. The third-order valence-electron chi connectivity index (χ3n) is 2.49. The average Bonchev–Trinajstić information content (AvgIpc) is 2.29. The molecular weight excluding hydrogens is 190 g/mol. The minimum Gasteiger partial charge on any atom is -0.451 e. The highest BCUT2D eigenvalue weighted by Crippen LogP contribution is 2.05. The van der Waals surface area contributed by atoms with Gasteiger partial charge in [0.25, 0.3) is 0 Å². The van der Waals surface area contributed by atoms with Crippen molar-refractivity contribution in [3.8, 4) is 0 Å². The van der Waals surface area contributed by atoms with Crippen molar-refractivity contribution in [1.82, 2.24) is 0 Å². The quantitative estimate of drug-likeness (QED) is 0.608. The van der Waals surface area contributed by atoms with E-state index in [1.54, 1.807) is 0 Å². The molecule has 3 heteroatoms. The zero-order valence-corrected chi connectivity index (χ0v) is 9.83. The Balaban J connectivity index is 1.86. The van der Waals surface area contributed by atoms with Gasteiger partial charge in [0.15, 0.2) is 0 Å². The third kappa shape index (κ3) is 6.37. The van der Waals surface area contributed by atoms with Crippen molar-refractivity contribution in [1.29, 1.82) is 0 Å². The summed E-state index contributed by atoms with van der Waals surface area (Å²) in [5, 5.41) is 0. The molecule has 0 amide bonds. The van der Waals surface area contributed by atoms with E-state index in [0.29, 0.717) is 6.08 Å². The molecule has 0 bridgehead atoms. The van der Waals surface area contributed by atoms with Crippen LogP contribution in [0.2, 0.25) is 0 Å². The number of aliphatic imine (C=N–C) groups is 1. The summed E-state index contributed by atoms with van der Waals surface area (Å²) in [7, 11) is 0. The molecule has 0 atom stereocenters. The van der Waals surface area contributed by atoms with E-state index in [9.17, 15) is 0 Å². The van der Waals surface area contributed by atoms with E-state index in [-0.39, 0.29) is 0 Å². The largest absolute Gasteiger partial charge is 0.451 e. The fourth-order valence-corrected chi connectivity index (χ4v) is 1.57. The van der Waals surface area contributed by atoms with Gasteiger partial charge in [0.2, 0.25) is 0 Å². The first-order valence-electron chi connectivity index (χ1n) is 6.23. The summed E-state index contributed by atoms with van der Waals surface area (Å²) in [6.07, 6.45) is 9.24. The summed E-state index contributed by atoms with van der Waals surface area (Å²) in [6.45, 7) is 4.60. The number of nitrogens with zero attached hydrogens (tertiary/aromatic N) is 1. The molecule has 15 heavy (non-hydrogen) atoms. The van der Waals surface area contributed by atoms with Crippen LogP contribution in [0.15, 0.2) is 4.99 Å². The molecule has 1 aliphatic heterocycles. The number of rotatable bonds is 7. The van der Waals surface area contributed by atoms with Gasteiger partial charge < -0.3 is 9.47 Å². The van der Waals surface area contributed by atoms with Crippen LogP contribution >= 0.6 is 0 Å². The summed E-state index contributed by atoms with van der Waals surface area (Å²) in [4.78, 5) is 4.15. The van der Waals surface area contributed by atoms with Gasteiger partial charge in [0.1, 0.15) is 0 Å². The third-order valence-corrected chi connectivity index (χ3v) is 2.49. The number of unbranched alkanes of at least 4 members (excludes halogenated alkanes) is 5. The fourth-order valence-electron chi connectivity index (χ4n) is 1.57. The van der Waals surface area contributed by atoms with Gasteiger partial charge >= 0.3 is 6.08 Å². The Morgan fingerprint density at radius 3 is 2.73 bits per heavy atom. The van der Waals surface area contributed by atoms with E-state index >= 15 is 0 Å². The first-order chi connectivity index (χ1) is 7.43. The fraction of sp³-hybridized carbons (Fsp3) is 0.917. The van der Waals surface area contributed by atoms with Crippen LogP contribution in [0.5, 0.6) is 0 Å². The zero-order valence-electron chi connectivity index (χ0n) is 9.83. The van der Waals surface area contributed by atoms with Crippen molar-refractivity contribution in [2.45, 2.75) is 51.9 Å². The number of ether oxygens (including phenoxy) is 2. The SMILES string of the molecule is CCCCCCCCOC1=NCCCO1. The van der Waals surface area contributed by atoms with E-state index in [1.807, 2.05) is 0 Å². The minimum absolute atomic E-state index is 0.509. The number of hydrogen-bond acceptors (Lipinski definition) is 3. The molecule has 0 radical (unpaired) electrons. The van der Waals surface area contributed by atoms with Gasteiger partial charge in [-0.05, 0) is 6.42 Å². The Morgan fingerprint density at radius 2 is 2.00 bits per heavy atom. The predicted molar refractivity (Wildman–Crippen MR) is 62.2 cm³/mol. The van der Waals surface area contributed by atoms with Crippen molar-refractivity contribution < 1.29 is 9.47 Å². The van der Waals surface area contributed by atoms with Crippen LogP contribution in [0.3, 0.4) is 0 Å². The van der Waals surface area contributed by atoms with E-state index in [1.165, 1.54) is 32.1 Å². The highest BCUT2D eigenvalue weighted by atomic mass is 16.7. The molecular formula is C12H23NO2. The van der Waals surface area contributed by atoms with Gasteiger partial charge in [-0.3, -0.25) is 0 Å². The van der Waals surface area contributed by atoms with Gasteiger partial charge in [-0.15, -0.1) is 0 Å². The summed E-state index contributed by atoms with van der Waals surface area (Å²) in [5.41, 5.74) is 0. The molecule has 0 unspecified atom stereocenters. The smallest absolute Gasteiger partial charge is 0.383 e. The molecule has 0 N–H and O–H groups in total. The molecule has 0 spiro atoms. The van der Waals surface area contributed by atoms with Crippen LogP contribution in [-0.4, -0.2) is 25.8 Å². The second-order valence-corrected chi connectivity index (χ2v) is 3.97. The lowest BCUT2D eigenvalue weighted by Gasteiger charge is -2.13. The Labute approximate surface area is 92.9 Å². The van der Waals surface area contributed by atoms with Crippen LogP contribution in [-0.2, 0) is 9.47 Å². The molecule has 0 aliphatic carbocycles. The molecule has 0 fully saturated rings. The van der Waals surface area contributed by atoms with Crippen molar-refractivity contribution in [2.75, 3.05) is 19.8 Å². The second kappa shape index (κ2) is 8.57. The van der Waals surface area contributed by atoms with Crippen LogP contribution in [0, 0.1) is 0 Å². The molecule has 3 nitrogen and oxygen atoms in total. The zero-order chi connectivity index (χ0) is 10.8. The molecule has 1 heterocycles. The Kier molecular flexibility index (Phi) is 7.05. The first kappa shape index (κ1) is 12.3. The highest BCUT2D eigenvalue weighted by Gasteiger charge is 2.05. The Hall–Kier alpha value is -0.730. The maximum atomic E-state index is 5.42. The monoisotopic (exact) mass is 213 g/mol. The van der Waals surface area contributed by atoms with E-state index in [0.717, 1.165) is 32.6 Å². The van der Waals surface area contributed by atoms with Crippen molar-refractivity contribution in [3.05, 3.63) is 0 Å². The molecule has 1 rings (SSSR count). The highest BCUT2D eigenvalue weighted by molar-refractivity contribution is 5.67. The topological polar surface area (TPSA) is 30.8 Å². The standard InChI is InChI=1S/C12H23NO2/c1-2-3-4-5-6-7-10-14-12-13-9-8-11-15-12/h2-11H2,1H3. The average molecular weight is 213 g/mol. The lowest BCUT2D eigenvalue weighted by Crippen LogP contribution is -2.17. The summed E-state index contributed by atoms with van der Waals surface area (Å²) < 4.78 is 10.7. The maximum Gasteiger partial charge on any atom is 0.383 e. The second-order valence-electron chi connectivity index (χ2n) is 3.97. The summed E-state index contributed by atoms with van der Waals surface area (Å²) in [6, 6.07) is 0. The van der Waals surface area contributed by atoms with Crippen LogP contribution in [0.25, 0.3) is 0 Å². The van der Waals surface area contributed by atoms with Gasteiger partial charge in [0.05, 0.1) is 13.2 Å². The number of hydrogen-bond donors (Lipinski definition) is 0. The van der Waals surface area contributed by atoms with Crippen molar-refractivity contribution >= 4 is 6.08 Å². The van der Waals surface area contributed by atoms with Gasteiger partial charge in [-0.2, -0.15) is 0 Å². The molecule has 88 valence electrons. The predicted octanol–water partition coefficient (Wildman–Crippen LogP) is 3.14. The molecule has 0 aromatic heterocycles. The normalized spacial score (nSPS) is 15.7. The van der Waals surface area contributed by atoms with Crippen LogP contribution < -0.4 is 0 Å². The van der Waals surface area contributed by atoms with Gasteiger partial charge in [-0.1, -0.05) is 39.0 Å². The van der Waals surface area contributed by atoms with E-state index in [2.05, 4.69) is 11.9 Å².